The number of anilines is 1. The van der Waals surface area contributed by atoms with Crippen LogP contribution in [0.15, 0.2) is 18.2 Å². The van der Waals surface area contributed by atoms with E-state index in [0.717, 1.165) is 19.3 Å². The standard InChI is InChI=1S/C26H36FN5O5S/c1-26(2,3)37-25(34)32-21-8-6-18(14-21)23(32)24(33)29-19(16-28)13-17-5-7-20(15-22(17)27)30-9-11-31(12-10-30)38(4,35)36/h5,7,15,18-19,21,23H,6,8-14H2,1-4H3,(H,29,33). The van der Waals surface area contributed by atoms with Crippen LogP contribution in [0.3, 0.4) is 0 Å². The fourth-order valence-corrected chi connectivity index (χ4v) is 6.51. The first-order valence-electron chi connectivity index (χ1n) is 13.0. The minimum atomic E-state index is -3.26. The number of piperazine rings is 1. The summed E-state index contributed by atoms with van der Waals surface area (Å²) in [7, 11) is -3.26. The molecule has 0 aromatic heterocycles. The van der Waals surface area contributed by atoms with E-state index in [-0.39, 0.29) is 23.9 Å². The lowest BCUT2D eigenvalue weighted by atomic mass is 9.97. The van der Waals surface area contributed by atoms with Gasteiger partial charge in [0.2, 0.25) is 15.9 Å². The topological polar surface area (TPSA) is 123 Å². The van der Waals surface area contributed by atoms with Gasteiger partial charge in [0.25, 0.3) is 0 Å². The molecule has 1 aromatic carbocycles. The summed E-state index contributed by atoms with van der Waals surface area (Å²) in [4.78, 5) is 29.5. The van der Waals surface area contributed by atoms with E-state index in [1.165, 1.54) is 21.5 Å². The van der Waals surface area contributed by atoms with E-state index in [0.29, 0.717) is 31.9 Å². The number of ether oxygens (including phenoxy) is 1. The number of carbonyl (C=O) groups is 2. The molecule has 1 saturated carbocycles. The van der Waals surface area contributed by atoms with Gasteiger partial charge in [-0.3, -0.25) is 9.69 Å². The minimum Gasteiger partial charge on any atom is -0.444 e. The maximum Gasteiger partial charge on any atom is 0.411 e. The van der Waals surface area contributed by atoms with Crippen LogP contribution in [0.1, 0.15) is 45.6 Å². The van der Waals surface area contributed by atoms with Gasteiger partial charge in [-0.05, 0) is 63.6 Å². The molecule has 2 amide bonds. The highest BCUT2D eigenvalue weighted by Gasteiger charge is 2.52. The van der Waals surface area contributed by atoms with Crippen LogP contribution in [0.4, 0.5) is 14.9 Å². The fraction of sp³-hybridized carbons (Fsp3) is 0.654. The molecule has 4 rings (SSSR count). The molecule has 12 heteroatoms. The average Bonchev–Trinajstić information content (AvgIpc) is 3.45. The Bertz CT molecular complexity index is 1220. The van der Waals surface area contributed by atoms with Crippen molar-refractivity contribution in [3.8, 4) is 6.07 Å². The Kier molecular flexibility index (Phi) is 7.91. The smallest absolute Gasteiger partial charge is 0.411 e. The summed E-state index contributed by atoms with van der Waals surface area (Å²) in [6.45, 7) is 6.86. The molecule has 10 nitrogen and oxygen atoms in total. The highest BCUT2D eigenvalue weighted by atomic mass is 32.2. The number of nitriles is 1. The fourth-order valence-electron chi connectivity index (χ4n) is 5.69. The number of nitrogens with zero attached hydrogens (tertiary/aromatic N) is 4. The number of nitrogens with one attached hydrogen (secondary N) is 1. The van der Waals surface area contributed by atoms with E-state index < -0.39 is 45.5 Å². The van der Waals surface area contributed by atoms with Crippen molar-refractivity contribution < 1.29 is 27.1 Å². The van der Waals surface area contributed by atoms with E-state index in [1.54, 1.807) is 32.9 Å². The van der Waals surface area contributed by atoms with E-state index in [4.69, 9.17) is 4.74 Å². The molecule has 2 bridgehead atoms. The third-order valence-electron chi connectivity index (χ3n) is 7.46. The van der Waals surface area contributed by atoms with Crippen molar-refractivity contribution in [3.05, 3.63) is 29.6 Å². The van der Waals surface area contributed by atoms with Gasteiger partial charge in [-0.15, -0.1) is 0 Å². The number of likely N-dealkylation sites (tertiary alicyclic amines) is 1. The van der Waals surface area contributed by atoms with Crippen LogP contribution in [0.2, 0.25) is 0 Å². The predicted octanol–water partition coefficient (Wildman–Crippen LogP) is 2.25. The third kappa shape index (κ3) is 6.21. The van der Waals surface area contributed by atoms with E-state index in [1.807, 2.05) is 11.0 Å². The van der Waals surface area contributed by atoms with Crippen molar-refractivity contribution in [1.82, 2.24) is 14.5 Å². The Morgan fingerprint density at radius 3 is 2.47 bits per heavy atom. The Labute approximate surface area is 223 Å². The lowest BCUT2D eigenvalue weighted by Crippen LogP contribution is -2.55. The van der Waals surface area contributed by atoms with Crippen molar-refractivity contribution in [3.63, 3.8) is 0 Å². The molecule has 38 heavy (non-hydrogen) atoms. The molecule has 4 unspecified atom stereocenters. The quantitative estimate of drug-likeness (QED) is 0.577. The molecule has 3 fully saturated rings. The van der Waals surface area contributed by atoms with Crippen LogP contribution in [0.25, 0.3) is 0 Å². The summed E-state index contributed by atoms with van der Waals surface area (Å²) in [5.74, 6) is -0.917. The Balaban J connectivity index is 1.39. The number of halogens is 1. The lowest BCUT2D eigenvalue weighted by Gasteiger charge is -2.36. The monoisotopic (exact) mass is 549 g/mol. The molecule has 3 aliphatic rings. The van der Waals surface area contributed by atoms with Crippen molar-refractivity contribution in [1.29, 1.82) is 5.26 Å². The number of fused-ring (bicyclic) bond motifs is 2. The zero-order chi connectivity index (χ0) is 27.8. The molecular weight excluding hydrogens is 513 g/mol. The van der Waals surface area contributed by atoms with Gasteiger partial charge in [-0.2, -0.15) is 9.57 Å². The van der Waals surface area contributed by atoms with Gasteiger partial charge in [0.05, 0.1) is 12.3 Å². The molecule has 2 aliphatic heterocycles. The number of hydrogen-bond donors (Lipinski definition) is 1. The molecule has 4 atom stereocenters. The van der Waals surface area contributed by atoms with Crippen LogP contribution in [-0.4, -0.2) is 85.8 Å². The van der Waals surface area contributed by atoms with E-state index >= 15 is 4.39 Å². The van der Waals surface area contributed by atoms with E-state index in [9.17, 15) is 23.3 Å². The molecule has 1 N–H and O–H groups in total. The van der Waals surface area contributed by atoms with Crippen molar-refractivity contribution >= 4 is 27.7 Å². The maximum absolute atomic E-state index is 15.0. The maximum atomic E-state index is 15.0. The van der Waals surface area contributed by atoms with Crippen molar-refractivity contribution in [2.45, 2.75) is 70.2 Å². The third-order valence-corrected chi connectivity index (χ3v) is 8.77. The van der Waals surface area contributed by atoms with Crippen LogP contribution in [-0.2, 0) is 26.0 Å². The Hall–Kier alpha value is -2.91. The van der Waals surface area contributed by atoms with Crippen LogP contribution in [0, 0.1) is 23.1 Å². The summed E-state index contributed by atoms with van der Waals surface area (Å²) >= 11 is 0. The molecule has 1 aromatic rings. The van der Waals surface area contributed by atoms with Crippen LogP contribution in [0.5, 0.6) is 0 Å². The number of amides is 2. The van der Waals surface area contributed by atoms with Gasteiger partial charge in [-0.1, -0.05) is 6.07 Å². The van der Waals surface area contributed by atoms with Gasteiger partial charge in [-0.25, -0.2) is 17.6 Å². The average molecular weight is 550 g/mol. The van der Waals surface area contributed by atoms with Crippen LogP contribution >= 0.6 is 0 Å². The predicted molar refractivity (Wildman–Crippen MR) is 139 cm³/mol. The molecule has 0 radical (unpaired) electrons. The normalized spacial score (nSPS) is 24.7. The second-order valence-corrected chi connectivity index (χ2v) is 13.4. The Morgan fingerprint density at radius 2 is 1.89 bits per heavy atom. The first-order chi connectivity index (χ1) is 17.8. The summed E-state index contributed by atoms with van der Waals surface area (Å²) in [6.07, 6.45) is 2.99. The number of piperidine rings is 1. The first kappa shape index (κ1) is 28.1. The zero-order valence-electron chi connectivity index (χ0n) is 22.3. The lowest BCUT2D eigenvalue weighted by molar-refractivity contribution is -0.128. The first-order valence-corrected chi connectivity index (χ1v) is 14.8. The molecule has 0 spiro atoms. The summed E-state index contributed by atoms with van der Waals surface area (Å²) in [5.41, 5.74) is 0.222. The van der Waals surface area contributed by atoms with Crippen molar-refractivity contribution in [2.75, 3.05) is 37.3 Å². The minimum absolute atomic E-state index is 0.00560. The van der Waals surface area contributed by atoms with Crippen LogP contribution < -0.4 is 10.2 Å². The molecular formula is C26H36FN5O5S. The summed E-state index contributed by atoms with van der Waals surface area (Å²) in [5, 5.41) is 12.4. The number of benzene rings is 1. The molecule has 2 saturated heterocycles. The second kappa shape index (κ2) is 10.7. The van der Waals surface area contributed by atoms with Crippen molar-refractivity contribution in [2.24, 2.45) is 5.92 Å². The Morgan fingerprint density at radius 1 is 1.21 bits per heavy atom. The van der Waals surface area contributed by atoms with Gasteiger partial charge in [0, 0.05) is 44.3 Å². The van der Waals surface area contributed by atoms with Gasteiger partial charge in [0.15, 0.2) is 0 Å². The summed E-state index contributed by atoms with van der Waals surface area (Å²) < 4.78 is 45.4. The zero-order valence-corrected chi connectivity index (χ0v) is 23.1. The SMILES string of the molecule is CC(C)(C)OC(=O)N1C2CCC(C2)C1C(=O)NC(C#N)Cc1ccc(N2CCN(S(C)(=O)=O)CC2)cc1F. The summed E-state index contributed by atoms with van der Waals surface area (Å²) in [6, 6.07) is 5.02. The number of hydrogen-bond acceptors (Lipinski definition) is 7. The molecule has 208 valence electrons. The van der Waals surface area contributed by atoms with Gasteiger partial charge in [0.1, 0.15) is 23.5 Å². The molecule has 2 heterocycles. The number of rotatable bonds is 6. The second-order valence-electron chi connectivity index (χ2n) is 11.4. The van der Waals surface area contributed by atoms with Gasteiger partial charge >= 0.3 is 6.09 Å². The number of sulfonamides is 1. The van der Waals surface area contributed by atoms with E-state index in [2.05, 4.69) is 5.32 Å². The highest BCUT2D eigenvalue weighted by Crippen LogP contribution is 2.43. The molecule has 1 aliphatic carbocycles. The number of carbonyl (C=O) groups excluding carboxylic acids is 2. The highest BCUT2D eigenvalue weighted by molar-refractivity contribution is 7.88. The largest absolute Gasteiger partial charge is 0.444 e. The van der Waals surface area contributed by atoms with Gasteiger partial charge < -0.3 is 15.0 Å².